The Morgan fingerprint density at radius 3 is 2.71 bits per heavy atom. The van der Waals surface area contributed by atoms with Gasteiger partial charge in [0.1, 0.15) is 0 Å². The lowest BCUT2D eigenvalue weighted by Crippen LogP contribution is -2.36. The summed E-state index contributed by atoms with van der Waals surface area (Å²) in [5.74, 6) is -0.180. The number of likely N-dealkylation sites (tertiary alicyclic amines) is 1. The molecule has 1 heterocycles. The summed E-state index contributed by atoms with van der Waals surface area (Å²) in [4.78, 5) is 16.3. The van der Waals surface area contributed by atoms with Crippen LogP contribution in [-0.4, -0.2) is 56.1 Å². The van der Waals surface area contributed by atoms with Gasteiger partial charge in [0.15, 0.2) is 0 Å². The number of carbonyl (C=O) groups excluding carboxylic acids is 1. The second-order valence-corrected chi connectivity index (χ2v) is 6.00. The van der Waals surface area contributed by atoms with E-state index in [9.17, 15) is 4.79 Å². The maximum Gasteiger partial charge on any atom is 0.309 e. The highest BCUT2D eigenvalue weighted by atomic mass is 16.5. The first kappa shape index (κ1) is 16.0. The van der Waals surface area contributed by atoms with Gasteiger partial charge in [-0.15, -0.1) is 0 Å². The topological polar surface area (TPSA) is 32.8 Å². The molecule has 0 spiro atoms. The molecule has 4 heteroatoms. The summed E-state index contributed by atoms with van der Waals surface area (Å²) in [5.41, 5.74) is 2.28. The molecule has 1 aliphatic rings. The van der Waals surface area contributed by atoms with Crippen molar-refractivity contribution in [3.05, 3.63) is 35.4 Å². The molecule has 21 heavy (non-hydrogen) atoms. The molecule has 1 atom stereocenters. The molecule has 0 radical (unpaired) electrons. The minimum Gasteiger partial charge on any atom is -0.469 e. The zero-order valence-electron chi connectivity index (χ0n) is 13.3. The molecule has 0 saturated carbocycles. The zero-order valence-corrected chi connectivity index (χ0v) is 13.3. The molecule has 0 N–H and O–H groups in total. The highest BCUT2D eigenvalue weighted by Crippen LogP contribution is 2.17. The fraction of sp³-hybridized carbons (Fsp3) is 0.588. The molecular formula is C17H26N2O2. The minimum atomic E-state index is -0.180. The van der Waals surface area contributed by atoms with Crippen molar-refractivity contribution < 1.29 is 9.53 Å². The Hall–Kier alpha value is -1.39. The number of hydrogen-bond acceptors (Lipinski definition) is 4. The molecule has 1 aromatic rings. The van der Waals surface area contributed by atoms with Gasteiger partial charge in [-0.1, -0.05) is 24.3 Å². The monoisotopic (exact) mass is 290 g/mol. The molecule has 116 valence electrons. The van der Waals surface area contributed by atoms with Crippen LogP contribution in [0.25, 0.3) is 0 Å². The minimum absolute atomic E-state index is 0.180. The fourth-order valence-corrected chi connectivity index (χ4v) is 3.04. The molecule has 1 saturated heterocycles. The van der Waals surface area contributed by atoms with Gasteiger partial charge in [0.05, 0.1) is 13.5 Å². The van der Waals surface area contributed by atoms with Gasteiger partial charge in [0, 0.05) is 19.1 Å². The normalized spacial score (nSPS) is 19.1. The van der Waals surface area contributed by atoms with Crippen LogP contribution in [0.4, 0.5) is 0 Å². The molecule has 1 aliphatic heterocycles. The van der Waals surface area contributed by atoms with Crippen molar-refractivity contribution in [1.29, 1.82) is 0 Å². The van der Waals surface area contributed by atoms with Gasteiger partial charge < -0.3 is 14.5 Å². The summed E-state index contributed by atoms with van der Waals surface area (Å²) >= 11 is 0. The largest absolute Gasteiger partial charge is 0.469 e. The van der Waals surface area contributed by atoms with Crippen LogP contribution in [-0.2, 0) is 22.5 Å². The number of likely N-dealkylation sites (N-methyl/N-ethyl adjacent to an activating group) is 2. The Bertz CT molecular complexity index is 476. The third-order valence-electron chi connectivity index (χ3n) is 4.32. The average molecular weight is 290 g/mol. The molecule has 1 unspecified atom stereocenters. The standard InChI is InChI=1S/C17H26N2O2/c1-18(13-16-9-6-10-19(16)2)12-15-8-5-4-7-14(15)11-17(20)21-3/h4-5,7-8,16H,6,9-13H2,1-3H3. The summed E-state index contributed by atoms with van der Waals surface area (Å²) < 4.78 is 4.78. The molecule has 4 nitrogen and oxygen atoms in total. The van der Waals surface area contributed by atoms with Gasteiger partial charge in [0.25, 0.3) is 0 Å². The number of esters is 1. The zero-order chi connectivity index (χ0) is 15.2. The van der Waals surface area contributed by atoms with E-state index in [1.54, 1.807) is 0 Å². The van der Waals surface area contributed by atoms with Crippen LogP contribution >= 0.6 is 0 Å². The molecule has 0 aliphatic carbocycles. The number of hydrogen-bond donors (Lipinski definition) is 0. The number of ether oxygens (including phenoxy) is 1. The summed E-state index contributed by atoms with van der Waals surface area (Å²) in [6.45, 7) is 3.15. The fourth-order valence-electron chi connectivity index (χ4n) is 3.04. The van der Waals surface area contributed by atoms with Crippen molar-refractivity contribution in [1.82, 2.24) is 9.80 Å². The predicted molar refractivity (Wildman–Crippen MR) is 84.1 cm³/mol. The second-order valence-electron chi connectivity index (χ2n) is 6.00. The van der Waals surface area contributed by atoms with Crippen LogP contribution in [0.5, 0.6) is 0 Å². The van der Waals surface area contributed by atoms with Crippen molar-refractivity contribution in [3.63, 3.8) is 0 Å². The maximum atomic E-state index is 11.5. The molecule has 0 aromatic heterocycles. The molecule has 1 aromatic carbocycles. The van der Waals surface area contributed by atoms with Gasteiger partial charge >= 0.3 is 5.97 Å². The molecular weight excluding hydrogens is 264 g/mol. The Morgan fingerprint density at radius 1 is 1.38 bits per heavy atom. The van der Waals surface area contributed by atoms with Crippen molar-refractivity contribution in [3.8, 4) is 0 Å². The highest BCUT2D eigenvalue weighted by Gasteiger charge is 2.22. The lowest BCUT2D eigenvalue weighted by Gasteiger charge is -2.26. The summed E-state index contributed by atoms with van der Waals surface area (Å²) in [5, 5.41) is 0. The van der Waals surface area contributed by atoms with Crippen LogP contribution in [0.15, 0.2) is 24.3 Å². The Labute approximate surface area is 127 Å². The van der Waals surface area contributed by atoms with Crippen LogP contribution in [0.1, 0.15) is 24.0 Å². The van der Waals surface area contributed by atoms with Crippen molar-refractivity contribution in [2.45, 2.75) is 31.8 Å². The number of benzene rings is 1. The smallest absolute Gasteiger partial charge is 0.309 e. The van der Waals surface area contributed by atoms with Crippen molar-refractivity contribution in [2.75, 3.05) is 34.3 Å². The van der Waals surface area contributed by atoms with Crippen LogP contribution in [0.3, 0.4) is 0 Å². The summed E-state index contributed by atoms with van der Waals surface area (Å²) in [7, 11) is 5.80. The van der Waals surface area contributed by atoms with Gasteiger partial charge in [0.2, 0.25) is 0 Å². The molecule has 0 bridgehead atoms. The number of rotatable bonds is 6. The van der Waals surface area contributed by atoms with E-state index in [-0.39, 0.29) is 5.97 Å². The maximum absolute atomic E-state index is 11.5. The number of nitrogens with zero attached hydrogens (tertiary/aromatic N) is 2. The summed E-state index contributed by atoms with van der Waals surface area (Å²) in [6, 6.07) is 8.79. The molecule has 1 fully saturated rings. The SMILES string of the molecule is COC(=O)Cc1ccccc1CN(C)CC1CCCN1C. The quantitative estimate of drug-likeness (QED) is 0.750. The average Bonchev–Trinajstić information content (AvgIpc) is 2.86. The van der Waals surface area contributed by atoms with E-state index in [0.717, 1.165) is 18.7 Å². The Balaban J connectivity index is 1.96. The van der Waals surface area contributed by atoms with Gasteiger partial charge in [-0.25, -0.2) is 0 Å². The highest BCUT2D eigenvalue weighted by molar-refractivity contribution is 5.72. The summed E-state index contributed by atoms with van der Waals surface area (Å²) in [6.07, 6.45) is 2.93. The first-order valence-corrected chi connectivity index (χ1v) is 7.62. The van der Waals surface area contributed by atoms with E-state index in [1.807, 2.05) is 18.2 Å². The van der Waals surface area contributed by atoms with E-state index >= 15 is 0 Å². The van der Waals surface area contributed by atoms with Crippen LogP contribution < -0.4 is 0 Å². The van der Waals surface area contributed by atoms with E-state index in [2.05, 4.69) is 30.0 Å². The number of methoxy groups -OCH3 is 1. The van der Waals surface area contributed by atoms with Crippen molar-refractivity contribution >= 4 is 5.97 Å². The van der Waals surface area contributed by atoms with Gasteiger partial charge in [-0.3, -0.25) is 4.79 Å². The van der Waals surface area contributed by atoms with E-state index in [0.29, 0.717) is 12.5 Å². The van der Waals surface area contributed by atoms with Gasteiger partial charge in [-0.2, -0.15) is 0 Å². The predicted octanol–water partition coefficient (Wildman–Crippen LogP) is 1.93. The third kappa shape index (κ3) is 4.55. The first-order chi connectivity index (χ1) is 10.1. The van der Waals surface area contributed by atoms with Crippen LogP contribution in [0, 0.1) is 0 Å². The van der Waals surface area contributed by atoms with Crippen LogP contribution in [0.2, 0.25) is 0 Å². The molecule has 2 rings (SSSR count). The first-order valence-electron chi connectivity index (χ1n) is 7.62. The van der Waals surface area contributed by atoms with E-state index in [1.165, 1.54) is 32.1 Å². The van der Waals surface area contributed by atoms with Crippen molar-refractivity contribution in [2.24, 2.45) is 0 Å². The lowest BCUT2D eigenvalue weighted by atomic mass is 10.0. The van der Waals surface area contributed by atoms with Gasteiger partial charge in [-0.05, 0) is 44.6 Å². The Morgan fingerprint density at radius 2 is 2.10 bits per heavy atom. The number of carbonyl (C=O) groups is 1. The second kappa shape index (κ2) is 7.57. The Kier molecular flexibility index (Phi) is 5.76. The van der Waals surface area contributed by atoms with E-state index in [4.69, 9.17) is 4.74 Å². The lowest BCUT2D eigenvalue weighted by molar-refractivity contribution is -0.139. The van der Waals surface area contributed by atoms with E-state index < -0.39 is 0 Å². The molecule has 0 amide bonds. The third-order valence-corrected chi connectivity index (χ3v) is 4.32.